The molecule has 3 aromatic rings. The molecule has 31 heavy (non-hydrogen) atoms. The molecule has 1 saturated heterocycles. The third-order valence-corrected chi connectivity index (χ3v) is 5.84. The van der Waals surface area contributed by atoms with E-state index in [1.807, 2.05) is 53.4 Å². The summed E-state index contributed by atoms with van der Waals surface area (Å²) >= 11 is 0. The van der Waals surface area contributed by atoms with Crippen LogP contribution < -0.4 is 5.32 Å². The number of hydrogen-bond acceptors (Lipinski definition) is 5. The van der Waals surface area contributed by atoms with Crippen LogP contribution in [-0.4, -0.2) is 70.3 Å². The molecule has 2 aliphatic rings. The van der Waals surface area contributed by atoms with Crippen LogP contribution in [0, 0.1) is 0 Å². The van der Waals surface area contributed by atoms with Gasteiger partial charge >= 0.3 is 0 Å². The highest BCUT2D eigenvalue weighted by atomic mass is 16.2. The highest BCUT2D eigenvalue weighted by Crippen LogP contribution is 2.25. The minimum absolute atomic E-state index is 0.00198. The summed E-state index contributed by atoms with van der Waals surface area (Å²) in [5.41, 5.74) is 2.86. The summed E-state index contributed by atoms with van der Waals surface area (Å²) in [6, 6.07) is 15.6. The largest absolute Gasteiger partial charge is 0.352 e. The van der Waals surface area contributed by atoms with Gasteiger partial charge in [0.2, 0.25) is 5.91 Å². The summed E-state index contributed by atoms with van der Waals surface area (Å²) in [7, 11) is 0. The van der Waals surface area contributed by atoms with Crippen molar-refractivity contribution in [3.63, 3.8) is 0 Å². The Bertz CT molecular complexity index is 1110. The van der Waals surface area contributed by atoms with E-state index in [1.54, 1.807) is 6.20 Å². The van der Waals surface area contributed by atoms with Gasteiger partial charge in [-0.2, -0.15) is 0 Å². The molecule has 2 fully saturated rings. The lowest BCUT2D eigenvalue weighted by molar-refractivity contribution is -0.122. The van der Waals surface area contributed by atoms with Crippen LogP contribution in [0.15, 0.2) is 54.7 Å². The maximum Gasteiger partial charge on any atom is 0.254 e. The van der Waals surface area contributed by atoms with Crippen molar-refractivity contribution >= 4 is 22.7 Å². The van der Waals surface area contributed by atoms with E-state index in [-0.39, 0.29) is 11.8 Å². The fraction of sp³-hybridized carbons (Fsp3) is 0.333. The van der Waals surface area contributed by atoms with Gasteiger partial charge in [-0.25, -0.2) is 4.98 Å². The lowest BCUT2D eigenvalue weighted by Crippen LogP contribution is -2.51. The van der Waals surface area contributed by atoms with Gasteiger partial charge in [0.15, 0.2) is 0 Å². The number of carbonyl (C=O) groups is 2. The van der Waals surface area contributed by atoms with Crippen LogP contribution in [0.4, 0.5) is 0 Å². The molecule has 3 heterocycles. The maximum absolute atomic E-state index is 13.5. The molecule has 158 valence electrons. The van der Waals surface area contributed by atoms with E-state index in [9.17, 15) is 9.59 Å². The molecule has 0 spiro atoms. The molecule has 0 bridgehead atoms. The van der Waals surface area contributed by atoms with Crippen molar-refractivity contribution < 1.29 is 9.59 Å². The maximum atomic E-state index is 13.5. The van der Waals surface area contributed by atoms with Crippen LogP contribution in [-0.2, 0) is 4.79 Å². The highest BCUT2D eigenvalue weighted by Gasteiger charge is 2.27. The smallest absolute Gasteiger partial charge is 0.254 e. The van der Waals surface area contributed by atoms with E-state index in [0.29, 0.717) is 50.0 Å². The molecule has 2 aromatic heterocycles. The molecular formula is C24H25N5O2. The number of carbonyl (C=O) groups excluding carboxylic acids is 2. The number of aromatic nitrogens is 2. The number of hydrogen-bond donors (Lipinski definition) is 1. The Hall–Kier alpha value is -3.32. The zero-order valence-electron chi connectivity index (χ0n) is 17.3. The molecule has 2 amide bonds. The fourth-order valence-electron chi connectivity index (χ4n) is 3.98. The number of piperazine rings is 1. The van der Waals surface area contributed by atoms with E-state index in [1.165, 1.54) is 0 Å². The summed E-state index contributed by atoms with van der Waals surface area (Å²) in [6.07, 6.45) is 3.91. The van der Waals surface area contributed by atoms with Crippen LogP contribution in [0.5, 0.6) is 0 Å². The Kier molecular flexibility index (Phi) is 5.34. The van der Waals surface area contributed by atoms with Gasteiger partial charge in [0.1, 0.15) is 0 Å². The van der Waals surface area contributed by atoms with E-state index in [2.05, 4.69) is 15.2 Å². The van der Waals surface area contributed by atoms with Crippen molar-refractivity contribution in [1.82, 2.24) is 25.1 Å². The fourth-order valence-corrected chi connectivity index (χ4v) is 3.98. The average Bonchev–Trinajstić information content (AvgIpc) is 3.63. The SMILES string of the molecule is O=C(CN1CCN(C(=O)c2cc(-c3ccccn3)nc3ccccc23)CC1)NC1CC1. The van der Waals surface area contributed by atoms with Crippen molar-refractivity contribution in [1.29, 1.82) is 0 Å². The molecule has 1 aliphatic heterocycles. The lowest BCUT2D eigenvalue weighted by atomic mass is 10.0. The Morgan fingerprint density at radius 3 is 2.48 bits per heavy atom. The standard InChI is InChI=1S/C24H25N5O2/c30-23(26-17-8-9-17)16-28-11-13-29(14-12-28)24(31)19-15-22(21-7-3-4-10-25-21)27-20-6-2-1-5-18(19)20/h1-7,10,15,17H,8-9,11-14,16H2,(H,26,30). The van der Waals surface area contributed by atoms with Gasteiger partial charge in [-0.05, 0) is 37.1 Å². The predicted octanol–water partition coefficient (Wildman–Crippen LogP) is 2.33. The van der Waals surface area contributed by atoms with Crippen LogP contribution in [0.1, 0.15) is 23.2 Å². The molecule has 5 rings (SSSR count). The number of rotatable bonds is 5. The topological polar surface area (TPSA) is 78.4 Å². The van der Waals surface area contributed by atoms with Crippen molar-refractivity contribution in [2.45, 2.75) is 18.9 Å². The van der Waals surface area contributed by atoms with E-state index < -0.39 is 0 Å². The number of amides is 2. The molecule has 7 nitrogen and oxygen atoms in total. The van der Waals surface area contributed by atoms with Gasteiger partial charge in [-0.15, -0.1) is 0 Å². The normalized spacial score (nSPS) is 17.0. The molecule has 1 aliphatic carbocycles. The van der Waals surface area contributed by atoms with Gasteiger partial charge in [0.05, 0.1) is 29.0 Å². The quantitative estimate of drug-likeness (QED) is 0.692. The van der Waals surface area contributed by atoms with E-state index in [0.717, 1.165) is 29.4 Å². The van der Waals surface area contributed by atoms with Gasteiger partial charge in [0, 0.05) is 43.8 Å². The average molecular weight is 415 g/mol. The van der Waals surface area contributed by atoms with Gasteiger partial charge < -0.3 is 10.2 Å². The Morgan fingerprint density at radius 1 is 0.968 bits per heavy atom. The van der Waals surface area contributed by atoms with Gasteiger partial charge in [-0.1, -0.05) is 24.3 Å². The molecule has 1 N–H and O–H groups in total. The number of nitrogens with zero attached hydrogens (tertiary/aromatic N) is 4. The predicted molar refractivity (Wildman–Crippen MR) is 118 cm³/mol. The van der Waals surface area contributed by atoms with E-state index in [4.69, 9.17) is 4.98 Å². The summed E-state index contributed by atoms with van der Waals surface area (Å²) in [4.78, 5) is 38.6. The molecule has 7 heteroatoms. The first kappa shape index (κ1) is 19.6. The number of benzene rings is 1. The molecular weight excluding hydrogens is 390 g/mol. The van der Waals surface area contributed by atoms with Crippen LogP contribution >= 0.6 is 0 Å². The third kappa shape index (κ3) is 4.41. The zero-order valence-corrected chi connectivity index (χ0v) is 17.3. The van der Waals surface area contributed by atoms with Gasteiger partial charge in [-0.3, -0.25) is 19.5 Å². The highest BCUT2D eigenvalue weighted by molar-refractivity contribution is 6.07. The van der Waals surface area contributed by atoms with Crippen molar-refractivity contribution in [3.05, 3.63) is 60.3 Å². The van der Waals surface area contributed by atoms with Crippen molar-refractivity contribution in [2.75, 3.05) is 32.7 Å². The lowest BCUT2D eigenvalue weighted by Gasteiger charge is -2.34. The Labute approximate surface area is 181 Å². The summed E-state index contributed by atoms with van der Waals surface area (Å²) < 4.78 is 0. The summed E-state index contributed by atoms with van der Waals surface area (Å²) in [6.45, 7) is 3.00. The Balaban J connectivity index is 1.34. The minimum atomic E-state index is -0.00198. The van der Waals surface area contributed by atoms with Crippen LogP contribution in [0.3, 0.4) is 0 Å². The first-order valence-corrected chi connectivity index (χ1v) is 10.8. The van der Waals surface area contributed by atoms with Crippen LogP contribution in [0.25, 0.3) is 22.3 Å². The molecule has 0 radical (unpaired) electrons. The summed E-state index contributed by atoms with van der Waals surface area (Å²) in [5.74, 6) is 0.0836. The van der Waals surface area contributed by atoms with Gasteiger partial charge in [0.25, 0.3) is 5.91 Å². The monoisotopic (exact) mass is 415 g/mol. The zero-order chi connectivity index (χ0) is 21.2. The van der Waals surface area contributed by atoms with E-state index >= 15 is 0 Å². The number of pyridine rings is 2. The number of fused-ring (bicyclic) bond motifs is 1. The second-order valence-electron chi connectivity index (χ2n) is 8.20. The summed E-state index contributed by atoms with van der Waals surface area (Å²) in [5, 5.41) is 3.87. The number of nitrogens with one attached hydrogen (secondary N) is 1. The van der Waals surface area contributed by atoms with Crippen LogP contribution in [0.2, 0.25) is 0 Å². The first-order chi connectivity index (χ1) is 15.2. The minimum Gasteiger partial charge on any atom is -0.352 e. The Morgan fingerprint density at radius 2 is 1.74 bits per heavy atom. The molecule has 0 atom stereocenters. The molecule has 0 unspecified atom stereocenters. The number of para-hydroxylation sites is 1. The first-order valence-electron chi connectivity index (χ1n) is 10.8. The molecule has 1 saturated carbocycles. The third-order valence-electron chi connectivity index (χ3n) is 5.84. The second kappa shape index (κ2) is 8.43. The second-order valence-corrected chi connectivity index (χ2v) is 8.20. The molecule has 1 aromatic carbocycles. The van der Waals surface area contributed by atoms with Crippen molar-refractivity contribution in [2.24, 2.45) is 0 Å². The van der Waals surface area contributed by atoms with Crippen molar-refractivity contribution in [3.8, 4) is 11.4 Å².